The lowest BCUT2D eigenvalue weighted by atomic mass is 10.1. The number of rotatable bonds is 8. The summed E-state index contributed by atoms with van der Waals surface area (Å²) in [5, 5.41) is 12.1. The Balaban J connectivity index is 2.37. The fraction of sp³-hybridized carbons (Fsp3) is 0.500. The first-order chi connectivity index (χ1) is 9.02. The van der Waals surface area contributed by atoms with Gasteiger partial charge in [0.25, 0.3) is 0 Å². The lowest BCUT2D eigenvalue weighted by molar-refractivity contribution is 0.0698. The van der Waals surface area contributed by atoms with E-state index >= 15 is 0 Å². The van der Waals surface area contributed by atoms with Crippen molar-refractivity contribution in [1.29, 1.82) is 0 Å². The number of nitrogen functional groups attached to an aromatic ring is 1. The van der Waals surface area contributed by atoms with E-state index in [0.717, 1.165) is 13.0 Å². The number of para-hydroxylation sites is 1. The second kappa shape index (κ2) is 7.63. The van der Waals surface area contributed by atoms with Gasteiger partial charge >= 0.3 is 5.97 Å². The molecule has 0 spiro atoms. The SMILES string of the molecule is CC(C)COCCCNc1cccc(C(=O)O)c1N. The number of carboxylic acid groups (broad SMARTS) is 1. The van der Waals surface area contributed by atoms with Gasteiger partial charge in [-0.2, -0.15) is 0 Å². The van der Waals surface area contributed by atoms with Gasteiger partial charge in [-0.1, -0.05) is 19.9 Å². The lowest BCUT2D eigenvalue weighted by Crippen LogP contribution is -2.11. The fourth-order valence-electron chi connectivity index (χ4n) is 1.62. The molecular formula is C14H22N2O3. The quantitative estimate of drug-likeness (QED) is 0.497. The van der Waals surface area contributed by atoms with Gasteiger partial charge in [0.05, 0.1) is 16.9 Å². The average Bonchev–Trinajstić information content (AvgIpc) is 2.34. The van der Waals surface area contributed by atoms with Crippen molar-refractivity contribution in [1.82, 2.24) is 0 Å². The van der Waals surface area contributed by atoms with E-state index in [1.807, 2.05) is 0 Å². The molecule has 1 aromatic carbocycles. The number of hydrogen-bond acceptors (Lipinski definition) is 4. The van der Waals surface area contributed by atoms with E-state index in [2.05, 4.69) is 19.2 Å². The Labute approximate surface area is 113 Å². The highest BCUT2D eigenvalue weighted by molar-refractivity contribution is 5.97. The van der Waals surface area contributed by atoms with E-state index in [1.54, 1.807) is 12.1 Å². The maximum absolute atomic E-state index is 10.9. The van der Waals surface area contributed by atoms with Gasteiger partial charge in [-0.05, 0) is 24.5 Å². The number of anilines is 2. The predicted molar refractivity (Wildman–Crippen MR) is 76.6 cm³/mol. The molecule has 1 rings (SSSR count). The van der Waals surface area contributed by atoms with E-state index in [-0.39, 0.29) is 11.3 Å². The minimum Gasteiger partial charge on any atom is -0.478 e. The van der Waals surface area contributed by atoms with Gasteiger partial charge in [0.15, 0.2) is 0 Å². The minimum absolute atomic E-state index is 0.126. The van der Waals surface area contributed by atoms with Crippen molar-refractivity contribution in [3.63, 3.8) is 0 Å². The van der Waals surface area contributed by atoms with Crippen LogP contribution in [-0.4, -0.2) is 30.8 Å². The Morgan fingerprint density at radius 3 is 2.84 bits per heavy atom. The number of carbonyl (C=O) groups is 1. The number of hydrogen-bond donors (Lipinski definition) is 3. The first kappa shape index (κ1) is 15.3. The van der Waals surface area contributed by atoms with Crippen LogP contribution in [0.1, 0.15) is 30.6 Å². The van der Waals surface area contributed by atoms with Gasteiger partial charge in [-0.25, -0.2) is 4.79 Å². The zero-order valence-electron chi connectivity index (χ0n) is 11.5. The van der Waals surface area contributed by atoms with Crippen LogP contribution < -0.4 is 11.1 Å². The number of nitrogens with two attached hydrogens (primary N) is 1. The maximum Gasteiger partial charge on any atom is 0.337 e. The highest BCUT2D eigenvalue weighted by atomic mass is 16.5. The summed E-state index contributed by atoms with van der Waals surface area (Å²) in [6, 6.07) is 4.95. The van der Waals surface area contributed by atoms with Crippen LogP contribution in [0, 0.1) is 5.92 Å². The van der Waals surface area contributed by atoms with Gasteiger partial charge in [-0.3, -0.25) is 0 Å². The molecule has 0 unspecified atom stereocenters. The molecule has 0 radical (unpaired) electrons. The molecule has 5 nitrogen and oxygen atoms in total. The van der Waals surface area contributed by atoms with Crippen LogP contribution >= 0.6 is 0 Å². The highest BCUT2D eigenvalue weighted by Gasteiger charge is 2.10. The summed E-state index contributed by atoms with van der Waals surface area (Å²) >= 11 is 0. The number of carboxylic acids is 1. The molecule has 4 N–H and O–H groups in total. The third kappa shape index (κ3) is 5.18. The Bertz CT molecular complexity index is 419. The molecule has 0 aliphatic heterocycles. The smallest absolute Gasteiger partial charge is 0.337 e. The largest absolute Gasteiger partial charge is 0.478 e. The van der Waals surface area contributed by atoms with Crippen LogP contribution in [0.2, 0.25) is 0 Å². The summed E-state index contributed by atoms with van der Waals surface area (Å²) in [5.41, 5.74) is 6.85. The van der Waals surface area contributed by atoms with E-state index in [4.69, 9.17) is 15.6 Å². The minimum atomic E-state index is -1.01. The van der Waals surface area contributed by atoms with Crippen molar-refractivity contribution in [2.24, 2.45) is 5.92 Å². The molecule has 19 heavy (non-hydrogen) atoms. The van der Waals surface area contributed by atoms with Crippen molar-refractivity contribution in [3.05, 3.63) is 23.8 Å². The Hall–Kier alpha value is -1.75. The van der Waals surface area contributed by atoms with Crippen LogP contribution in [-0.2, 0) is 4.74 Å². The molecule has 0 fully saturated rings. The third-order valence-electron chi connectivity index (χ3n) is 2.57. The number of nitrogens with one attached hydrogen (secondary N) is 1. The molecular weight excluding hydrogens is 244 g/mol. The van der Waals surface area contributed by atoms with E-state index < -0.39 is 5.97 Å². The van der Waals surface area contributed by atoms with Crippen molar-refractivity contribution in [2.75, 3.05) is 30.8 Å². The summed E-state index contributed by atoms with van der Waals surface area (Å²) in [5.74, 6) is -0.475. The van der Waals surface area contributed by atoms with Crippen molar-refractivity contribution in [2.45, 2.75) is 20.3 Å². The van der Waals surface area contributed by atoms with Crippen LogP contribution in [0.5, 0.6) is 0 Å². The van der Waals surface area contributed by atoms with Crippen molar-refractivity contribution >= 4 is 17.3 Å². The van der Waals surface area contributed by atoms with Crippen LogP contribution in [0.15, 0.2) is 18.2 Å². The summed E-state index contributed by atoms with van der Waals surface area (Å²) in [6.45, 7) is 6.36. The topological polar surface area (TPSA) is 84.6 Å². The predicted octanol–water partition coefficient (Wildman–Crippen LogP) is 2.44. The molecule has 0 saturated heterocycles. The second-order valence-corrected chi connectivity index (χ2v) is 4.82. The number of aromatic carboxylic acids is 1. The zero-order valence-corrected chi connectivity index (χ0v) is 11.5. The van der Waals surface area contributed by atoms with E-state index in [1.165, 1.54) is 6.07 Å². The summed E-state index contributed by atoms with van der Waals surface area (Å²) in [4.78, 5) is 10.9. The first-order valence-corrected chi connectivity index (χ1v) is 6.45. The molecule has 1 aromatic rings. The molecule has 0 bridgehead atoms. The van der Waals surface area contributed by atoms with Crippen LogP contribution in [0.25, 0.3) is 0 Å². The zero-order chi connectivity index (χ0) is 14.3. The lowest BCUT2D eigenvalue weighted by Gasteiger charge is -2.11. The van der Waals surface area contributed by atoms with Gasteiger partial charge in [-0.15, -0.1) is 0 Å². The normalized spacial score (nSPS) is 10.7. The molecule has 0 atom stereocenters. The highest BCUT2D eigenvalue weighted by Crippen LogP contribution is 2.22. The van der Waals surface area contributed by atoms with E-state index in [9.17, 15) is 4.79 Å². The Morgan fingerprint density at radius 2 is 2.21 bits per heavy atom. The monoisotopic (exact) mass is 266 g/mol. The first-order valence-electron chi connectivity index (χ1n) is 6.45. The molecule has 0 aliphatic carbocycles. The van der Waals surface area contributed by atoms with Crippen LogP contribution in [0.4, 0.5) is 11.4 Å². The third-order valence-corrected chi connectivity index (χ3v) is 2.57. The van der Waals surface area contributed by atoms with Gasteiger partial charge in [0.1, 0.15) is 0 Å². The van der Waals surface area contributed by atoms with Crippen molar-refractivity contribution < 1.29 is 14.6 Å². The van der Waals surface area contributed by atoms with Crippen LogP contribution in [0.3, 0.4) is 0 Å². The molecule has 106 valence electrons. The average molecular weight is 266 g/mol. The summed E-state index contributed by atoms with van der Waals surface area (Å²) < 4.78 is 5.46. The molecule has 0 saturated carbocycles. The summed E-state index contributed by atoms with van der Waals surface area (Å²) in [7, 11) is 0. The van der Waals surface area contributed by atoms with Gasteiger partial charge in [0.2, 0.25) is 0 Å². The molecule has 0 heterocycles. The van der Waals surface area contributed by atoms with Gasteiger partial charge < -0.3 is 20.9 Å². The van der Waals surface area contributed by atoms with E-state index in [0.29, 0.717) is 24.8 Å². The second-order valence-electron chi connectivity index (χ2n) is 4.82. The number of benzene rings is 1. The Kier molecular flexibility index (Phi) is 6.15. The number of ether oxygens (including phenoxy) is 1. The molecule has 0 aliphatic rings. The standard InChI is InChI=1S/C14H22N2O3/c1-10(2)9-19-8-4-7-16-12-6-3-5-11(13(12)15)14(17)18/h3,5-6,10,16H,4,7-9,15H2,1-2H3,(H,17,18). The van der Waals surface area contributed by atoms with Crippen molar-refractivity contribution in [3.8, 4) is 0 Å². The molecule has 0 amide bonds. The molecule has 0 aromatic heterocycles. The molecule has 5 heteroatoms. The summed E-state index contributed by atoms with van der Waals surface area (Å²) in [6.07, 6.45) is 0.851. The Morgan fingerprint density at radius 1 is 1.47 bits per heavy atom. The fourth-order valence-corrected chi connectivity index (χ4v) is 1.62. The maximum atomic E-state index is 10.9. The van der Waals surface area contributed by atoms with Gasteiger partial charge in [0, 0.05) is 19.8 Å².